The third-order valence-corrected chi connectivity index (χ3v) is 5.04. The zero-order valence-electron chi connectivity index (χ0n) is 13.9. The lowest BCUT2D eigenvalue weighted by atomic mass is 9.95. The Bertz CT molecular complexity index is 899. The predicted octanol–water partition coefficient (Wildman–Crippen LogP) is 3.32. The fraction of sp³-hybridized carbons (Fsp3) is 0.300. The number of aromatic amines is 1. The van der Waals surface area contributed by atoms with Gasteiger partial charge in [-0.3, -0.25) is 4.90 Å². The van der Waals surface area contributed by atoms with Crippen molar-refractivity contribution in [3.05, 3.63) is 59.8 Å². The van der Waals surface area contributed by atoms with E-state index >= 15 is 0 Å². The van der Waals surface area contributed by atoms with E-state index < -0.39 is 0 Å². The van der Waals surface area contributed by atoms with Gasteiger partial charge in [-0.15, -0.1) is 0 Å². The van der Waals surface area contributed by atoms with E-state index in [0.29, 0.717) is 6.79 Å². The van der Waals surface area contributed by atoms with Crippen molar-refractivity contribution in [2.75, 3.05) is 33.1 Å². The fourth-order valence-electron chi connectivity index (χ4n) is 3.83. The van der Waals surface area contributed by atoms with Crippen LogP contribution in [0.1, 0.15) is 17.2 Å². The van der Waals surface area contributed by atoms with Crippen molar-refractivity contribution in [2.24, 2.45) is 0 Å². The maximum absolute atomic E-state index is 5.61. The van der Waals surface area contributed by atoms with Gasteiger partial charge in [-0.05, 0) is 29.3 Å². The second kappa shape index (κ2) is 6.10. The molecule has 3 heterocycles. The molecule has 0 radical (unpaired) electrons. The predicted molar refractivity (Wildman–Crippen MR) is 95.1 cm³/mol. The molecule has 1 unspecified atom stereocenters. The molecule has 5 heteroatoms. The maximum atomic E-state index is 5.61. The highest BCUT2D eigenvalue weighted by molar-refractivity contribution is 5.84. The van der Waals surface area contributed by atoms with E-state index in [1.807, 2.05) is 6.07 Å². The molecule has 0 spiro atoms. The highest BCUT2D eigenvalue weighted by Gasteiger charge is 2.28. The molecule has 0 saturated carbocycles. The van der Waals surface area contributed by atoms with Gasteiger partial charge in [0.05, 0.1) is 19.3 Å². The fourth-order valence-corrected chi connectivity index (χ4v) is 3.83. The molecule has 25 heavy (non-hydrogen) atoms. The number of benzene rings is 2. The summed E-state index contributed by atoms with van der Waals surface area (Å²) < 4.78 is 16.7. The Hall–Kier alpha value is -2.50. The van der Waals surface area contributed by atoms with Gasteiger partial charge in [-0.1, -0.05) is 24.3 Å². The van der Waals surface area contributed by atoms with E-state index in [1.54, 1.807) is 0 Å². The summed E-state index contributed by atoms with van der Waals surface area (Å²) in [6.07, 6.45) is 2.13. The van der Waals surface area contributed by atoms with Crippen LogP contribution < -0.4 is 9.47 Å². The van der Waals surface area contributed by atoms with Crippen LogP contribution in [0, 0.1) is 0 Å². The number of fused-ring (bicyclic) bond motifs is 2. The Morgan fingerprint density at radius 1 is 0.960 bits per heavy atom. The summed E-state index contributed by atoms with van der Waals surface area (Å²) in [4.78, 5) is 5.90. The number of hydrogen-bond donors (Lipinski definition) is 1. The molecular formula is C20H20N2O3. The van der Waals surface area contributed by atoms with E-state index in [-0.39, 0.29) is 6.04 Å². The van der Waals surface area contributed by atoms with Crippen LogP contribution in [0.25, 0.3) is 10.9 Å². The second-order valence-corrected chi connectivity index (χ2v) is 6.45. The average molecular weight is 336 g/mol. The van der Waals surface area contributed by atoms with Gasteiger partial charge >= 0.3 is 0 Å². The Morgan fingerprint density at radius 3 is 2.72 bits per heavy atom. The summed E-state index contributed by atoms with van der Waals surface area (Å²) in [5, 5.41) is 1.26. The molecule has 128 valence electrons. The zero-order chi connectivity index (χ0) is 16.6. The van der Waals surface area contributed by atoms with Gasteiger partial charge in [-0.2, -0.15) is 0 Å². The highest BCUT2D eigenvalue weighted by Crippen LogP contribution is 2.39. The van der Waals surface area contributed by atoms with Gasteiger partial charge in [0.25, 0.3) is 0 Å². The van der Waals surface area contributed by atoms with E-state index in [2.05, 4.69) is 52.5 Å². The number of hydrogen-bond acceptors (Lipinski definition) is 4. The van der Waals surface area contributed by atoms with Crippen molar-refractivity contribution in [3.63, 3.8) is 0 Å². The van der Waals surface area contributed by atoms with E-state index in [1.165, 1.54) is 16.5 Å². The van der Waals surface area contributed by atoms with Crippen molar-refractivity contribution in [3.8, 4) is 11.5 Å². The van der Waals surface area contributed by atoms with Crippen LogP contribution in [0.5, 0.6) is 11.5 Å². The quantitative estimate of drug-likeness (QED) is 0.797. The Morgan fingerprint density at radius 2 is 1.80 bits per heavy atom. The average Bonchev–Trinajstić information content (AvgIpc) is 3.30. The number of para-hydroxylation sites is 1. The lowest BCUT2D eigenvalue weighted by Crippen LogP contribution is -2.39. The molecule has 1 atom stereocenters. The minimum atomic E-state index is 0.162. The summed E-state index contributed by atoms with van der Waals surface area (Å²) in [5.74, 6) is 1.65. The summed E-state index contributed by atoms with van der Waals surface area (Å²) in [7, 11) is 0. The van der Waals surface area contributed by atoms with E-state index in [9.17, 15) is 0 Å². The topological polar surface area (TPSA) is 46.7 Å². The highest BCUT2D eigenvalue weighted by atomic mass is 16.7. The lowest BCUT2D eigenvalue weighted by Gasteiger charge is -2.35. The monoisotopic (exact) mass is 336 g/mol. The van der Waals surface area contributed by atoms with Crippen molar-refractivity contribution < 1.29 is 14.2 Å². The lowest BCUT2D eigenvalue weighted by molar-refractivity contribution is 0.0242. The normalized spacial score (nSPS) is 18.6. The van der Waals surface area contributed by atoms with Crippen molar-refractivity contribution in [1.82, 2.24) is 9.88 Å². The number of aromatic nitrogens is 1. The summed E-state index contributed by atoms with van der Waals surface area (Å²) >= 11 is 0. The van der Waals surface area contributed by atoms with E-state index in [4.69, 9.17) is 14.2 Å². The molecule has 0 amide bonds. The maximum Gasteiger partial charge on any atom is 0.231 e. The van der Waals surface area contributed by atoms with Crippen LogP contribution in [0.3, 0.4) is 0 Å². The first kappa shape index (κ1) is 14.8. The van der Waals surface area contributed by atoms with Gasteiger partial charge in [-0.25, -0.2) is 0 Å². The van der Waals surface area contributed by atoms with Crippen LogP contribution >= 0.6 is 0 Å². The zero-order valence-corrected chi connectivity index (χ0v) is 13.9. The molecule has 0 aliphatic carbocycles. The van der Waals surface area contributed by atoms with Gasteiger partial charge in [0.15, 0.2) is 11.5 Å². The van der Waals surface area contributed by atoms with Gasteiger partial charge in [0.2, 0.25) is 6.79 Å². The Labute approximate surface area is 146 Å². The first-order valence-electron chi connectivity index (χ1n) is 8.67. The minimum absolute atomic E-state index is 0.162. The number of ether oxygens (including phenoxy) is 3. The van der Waals surface area contributed by atoms with Crippen LogP contribution in [0.2, 0.25) is 0 Å². The molecule has 1 aromatic heterocycles. The van der Waals surface area contributed by atoms with Crippen LogP contribution in [0.15, 0.2) is 48.7 Å². The first-order valence-corrected chi connectivity index (χ1v) is 8.67. The molecule has 5 rings (SSSR count). The van der Waals surface area contributed by atoms with E-state index in [0.717, 1.165) is 43.3 Å². The smallest absolute Gasteiger partial charge is 0.231 e. The van der Waals surface area contributed by atoms with Gasteiger partial charge in [0, 0.05) is 30.2 Å². The van der Waals surface area contributed by atoms with Crippen molar-refractivity contribution in [2.45, 2.75) is 6.04 Å². The van der Waals surface area contributed by atoms with Crippen LogP contribution in [0.4, 0.5) is 0 Å². The SMILES string of the molecule is c1ccc2c(C(c3ccc4c(c3)OCO4)N3CCOCC3)c[nH]c2c1. The summed E-state index contributed by atoms with van der Waals surface area (Å²) in [6.45, 7) is 3.66. The van der Waals surface area contributed by atoms with Crippen LogP contribution in [-0.4, -0.2) is 43.0 Å². The number of nitrogens with zero attached hydrogens (tertiary/aromatic N) is 1. The summed E-state index contributed by atoms with van der Waals surface area (Å²) in [6, 6.07) is 14.9. The summed E-state index contributed by atoms with van der Waals surface area (Å²) in [5.41, 5.74) is 3.67. The molecule has 1 N–H and O–H groups in total. The molecule has 1 fully saturated rings. The van der Waals surface area contributed by atoms with Crippen molar-refractivity contribution >= 4 is 10.9 Å². The molecule has 0 bridgehead atoms. The third kappa shape index (κ3) is 2.56. The Balaban J connectivity index is 1.63. The molecule has 2 aliphatic rings. The molecule has 1 saturated heterocycles. The molecule has 2 aromatic carbocycles. The molecule has 3 aromatic rings. The van der Waals surface area contributed by atoms with Crippen LogP contribution in [-0.2, 0) is 4.74 Å². The molecule has 2 aliphatic heterocycles. The van der Waals surface area contributed by atoms with Crippen molar-refractivity contribution in [1.29, 1.82) is 0 Å². The standard InChI is InChI=1S/C20H20N2O3/c1-2-4-17-15(3-1)16(12-21-17)20(22-7-9-23-10-8-22)14-5-6-18-19(11-14)25-13-24-18/h1-6,11-12,20-21H,7-10,13H2. The third-order valence-electron chi connectivity index (χ3n) is 5.04. The van der Waals surface area contributed by atoms with Gasteiger partial charge in [0.1, 0.15) is 0 Å². The Kier molecular flexibility index (Phi) is 3.61. The minimum Gasteiger partial charge on any atom is -0.454 e. The molecule has 5 nitrogen and oxygen atoms in total. The number of H-pyrrole nitrogens is 1. The number of nitrogens with one attached hydrogen (secondary N) is 1. The number of rotatable bonds is 3. The molecular weight excluding hydrogens is 316 g/mol. The van der Waals surface area contributed by atoms with Gasteiger partial charge < -0.3 is 19.2 Å². The number of morpholine rings is 1. The first-order chi connectivity index (χ1) is 12.4. The second-order valence-electron chi connectivity index (χ2n) is 6.45. The largest absolute Gasteiger partial charge is 0.454 e.